The molecule has 4 rings (SSSR count). The van der Waals surface area contributed by atoms with Gasteiger partial charge >= 0.3 is 5.97 Å². The number of esters is 1. The molecule has 0 bridgehead atoms. The summed E-state index contributed by atoms with van der Waals surface area (Å²) in [6, 6.07) is 28.3. The van der Waals surface area contributed by atoms with Crippen LogP contribution in [0.15, 0.2) is 103 Å². The molecular weight excluding hydrogens is 383 g/mol. The molecule has 2 unspecified atom stereocenters. The summed E-state index contributed by atoms with van der Waals surface area (Å²) in [7, 11) is 0. The van der Waals surface area contributed by atoms with Crippen molar-refractivity contribution in [2.75, 3.05) is 0 Å². The van der Waals surface area contributed by atoms with Crippen LogP contribution in [0.3, 0.4) is 0 Å². The number of hydrogen-bond acceptors (Lipinski definition) is 3. The van der Waals surface area contributed by atoms with Crippen LogP contribution in [0, 0.1) is 0 Å². The van der Waals surface area contributed by atoms with Crippen molar-refractivity contribution < 1.29 is 9.53 Å². The van der Waals surface area contributed by atoms with Gasteiger partial charge in [-0.25, -0.2) is 4.79 Å². The fourth-order valence-electron chi connectivity index (χ4n) is 3.93. The van der Waals surface area contributed by atoms with E-state index in [1.165, 1.54) is 6.08 Å². The molecule has 1 aliphatic heterocycles. The lowest BCUT2D eigenvalue weighted by Gasteiger charge is -2.44. The molecule has 1 aliphatic rings. The summed E-state index contributed by atoms with van der Waals surface area (Å²) in [5.74, 6) is -0.310. The Morgan fingerprint density at radius 2 is 1.29 bits per heavy atom. The van der Waals surface area contributed by atoms with Gasteiger partial charge in [0.05, 0.1) is 5.16 Å². The summed E-state index contributed by atoms with van der Waals surface area (Å²) in [5.41, 5.74) is 1.08. The van der Waals surface area contributed by atoms with Crippen LogP contribution in [0.4, 0.5) is 0 Å². The SMILES string of the molecule is CC(c1ccccc1)(C1C=CC(=O)O1)P(=S)(c1ccccc1)c1ccccc1. The van der Waals surface area contributed by atoms with Crippen LogP contribution in [-0.2, 0) is 26.5 Å². The highest BCUT2D eigenvalue weighted by Crippen LogP contribution is 2.64. The summed E-state index contributed by atoms with van der Waals surface area (Å²) in [5, 5.41) is 1.63. The van der Waals surface area contributed by atoms with Gasteiger partial charge in [0.25, 0.3) is 0 Å². The zero-order valence-corrected chi connectivity index (χ0v) is 17.3. The molecule has 0 N–H and O–H groups in total. The zero-order chi connectivity index (χ0) is 19.6. The van der Waals surface area contributed by atoms with Crippen molar-refractivity contribution >= 4 is 34.4 Å². The molecule has 1 heterocycles. The predicted octanol–water partition coefficient (Wildman–Crippen LogP) is 4.51. The zero-order valence-electron chi connectivity index (χ0n) is 15.6. The molecule has 3 aromatic rings. The molecule has 0 saturated heterocycles. The largest absolute Gasteiger partial charge is 0.454 e. The molecule has 0 fully saturated rings. The lowest BCUT2D eigenvalue weighted by atomic mass is 9.94. The van der Waals surface area contributed by atoms with Crippen LogP contribution in [-0.4, -0.2) is 12.1 Å². The molecule has 140 valence electrons. The summed E-state index contributed by atoms with van der Waals surface area (Å²) in [6.45, 7) is 2.15. The summed E-state index contributed by atoms with van der Waals surface area (Å²) in [6.07, 6.45) is 2.96. The number of cyclic esters (lactones) is 1. The fraction of sp³-hybridized carbons (Fsp3) is 0.125. The van der Waals surface area contributed by atoms with E-state index in [-0.39, 0.29) is 5.97 Å². The highest BCUT2D eigenvalue weighted by atomic mass is 32.4. The van der Waals surface area contributed by atoms with E-state index in [1.54, 1.807) is 0 Å². The molecule has 28 heavy (non-hydrogen) atoms. The van der Waals surface area contributed by atoms with Crippen molar-refractivity contribution in [3.8, 4) is 0 Å². The fourth-order valence-corrected chi connectivity index (χ4v) is 8.86. The number of benzene rings is 3. The van der Waals surface area contributed by atoms with Crippen molar-refractivity contribution in [3.63, 3.8) is 0 Å². The van der Waals surface area contributed by atoms with Crippen molar-refractivity contribution in [1.29, 1.82) is 0 Å². The minimum Gasteiger partial charge on any atom is -0.454 e. The third-order valence-electron chi connectivity index (χ3n) is 5.46. The maximum absolute atomic E-state index is 12.0. The second-order valence-corrected chi connectivity index (χ2v) is 11.8. The summed E-state index contributed by atoms with van der Waals surface area (Å²) < 4.78 is 5.78. The number of ether oxygens (including phenoxy) is 1. The predicted molar refractivity (Wildman–Crippen MR) is 119 cm³/mol. The van der Waals surface area contributed by atoms with E-state index in [2.05, 4.69) is 43.3 Å². The molecule has 2 nitrogen and oxygen atoms in total. The van der Waals surface area contributed by atoms with Gasteiger partial charge in [-0.15, -0.1) is 0 Å². The molecule has 0 spiro atoms. The Morgan fingerprint density at radius 3 is 1.71 bits per heavy atom. The molecule has 0 amide bonds. The van der Waals surface area contributed by atoms with Crippen LogP contribution >= 0.6 is 6.04 Å². The maximum atomic E-state index is 12.0. The van der Waals surface area contributed by atoms with E-state index >= 15 is 0 Å². The Hall–Kier alpha value is -2.48. The second-order valence-electron chi connectivity index (χ2n) is 7.01. The van der Waals surface area contributed by atoms with Gasteiger partial charge in [-0.3, -0.25) is 0 Å². The molecule has 0 radical (unpaired) electrons. The van der Waals surface area contributed by atoms with Gasteiger partial charge in [0.2, 0.25) is 0 Å². The number of hydrogen-bond donors (Lipinski definition) is 0. The first-order valence-corrected chi connectivity index (χ1v) is 12.0. The van der Waals surface area contributed by atoms with Crippen LogP contribution in [0.2, 0.25) is 0 Å². The Balaban J connectivity index is 2.04. The average molecular weight is 404 g/mol. The van der Waals surface area contributed by atoms with Gasteiger partial charge in [0, 0.05) is 12.1 Å². The van der Waals surface area contributed by atoms with Gasteiger partial charge in [0.1, 0.15) is 6.10 Å². The van der Waals surface area contributed by atoms with E-state index in [1.807, 2.05) is 60.7 Å². The Morgan fingerprint density at radius 1 is 0.821 bits per heavy atom. The van der Waals surface area contributed by atoms with Gasteiger partial charge in [-0.1, -0.05) is 103 Å². The van der Waals surface area contributed by atoms with Crippen molar-refractivity contribution in [3.05, 3.63) is 109 Å². The average Bonchev–Trinajstić information content (AvgIpc) is 3.21. The van der Waals surface area contributed by atoms with E-state index < -0.39 is 17.3 Å². The lowest BCUT2D eigenvalue weighted by molar-refractivity contribution is -0.139. The van der Waals surface area contributed by atoms with Crippen LogP contribution in [0.25, 0.3) is 0 Å². The number of rotatable bonds is 5. The van der Waals surface area contributed by atoms with Gasteiger partial charge in [-0.2, -0.15) is 0 Å². The Labute approximate surface area is 170 Å². The van der Waals surface area contributed by atoms with Crippen LogP contribution in [0.1, 0.15) is 12.5 Å². The molecule has 3 aromatic carbocycles. The quantitative estimate of drug-likeness (QED) is 0.462. The molecule has 0 saturated carbocycles. The standard InChI is InChI=1S/C24H21O2PS/c1-24(19-11-5-2-6-12-19,22-17-18-23(25)26-22)27(28,20-13-7-3-8-14-20)21-15-9-4-10-16-21/h2-18,22H,1H3. The minimum absolute atomic E-state index is 0.310. The van der Waals surface area contributed by atoms with E-state index in [4.69, 9.17) is 16.5 Å². The topological polar surface area (TPSA) is 26.3 Å². The monoisotopic (exact) mass is 404 g/mol. The second kappa shape index (κ2) is 7.50. The van der Waals surface area contributed by atoms with Crippen molar-refractivity contribution in [2.45, 2.75) is 18.2 Å². The summed E-state index contributed by atoms with van der Waals surface area (Å²) in [4.78, 5) is 12.0. The van der Waals surface area contributed by atoms with Crippen LogP contribution < -0.4 is 10.6 Å². The number of carbonyl (C=O) groups excluding carboxylic acids is 1. The van der Waals surface area contributed by atoms with Gasteiger partial charge < -0.3 is 4.74 Å². The Kier molecular flexibility index (Phi) is 5.05. The normalized spacial score (nSPS) is 18.5. The first-order chi connectivity index (χ1) is 13.6. The van der Waals surface area contributed by atoms with E-state index in [0.29, 0.717) is 0 Å². The molecular formula is C24H21O2PS. The highest BCUT2D eigenvalue weighted by Gasteiger charge is 2.51. The number of carbonyl (C=O) groups is 1. The molecule has 0 aromatic heterocycles. The highest BCUT2D eigenvalue weighted by molar-refractivity contribution is 8.22. The summed E-state index contributed by atoms with van der Waals surface area (Å²) >= 11 is 6.61. The van der Waals surface area contributed by atoms with Gasteiger partial charge in [-0.05, 0) is 29.2 Å². The van der Waals surface area contributed by atoms with Crippen molar-refractivity contribution in [1.82, 2.24) is 0 Å². The van der Waals surface area contributed by atoms with Gasteiger partial charge in [0.15, 0.2) is 0 Å². The molecule has 0 aliphatic carbocycles. The van der Waals surface area contributed by atoms with E-state index in [0.717, 1.165) is 16.2 Å². The first kappa shape index (κ1) is 18.9. The smallest absolute Gasteiger partial charge is 0.331 e. The minimum atomic E-state index is -2.44. The Bertz CT molecular complexity index is 1000. The first-order valence-electron chi connectivity index (χ1n) is 9.22. The van der Waals surface area contributed by atoms with E-state index in [9.17, 15) is 4.79 Å². The molecule has 2 atom stereocenters. The van der Waals surface area contributed by atoms with Crippen LogP contribution in [0.5, 0.6) is 0 Å². The maximum Gasteiger partial charge on any atom is 0.331 e. The third-order valence-corrected chi connectivity index (χ3v) is 11.7. The lowest BCUT2D eigenvalue weighted by Crippen LogP contribution is -2.42. The third kappa shape index (κ3) is 2.96. The molecule has 4 heteroatoms. The van der Waals surface area contributed by atoms with Crippen molar-refractivity contribution in [2.24, 2.45) is 0 Å².